The smallest absolute Gasteiger partial charge is 0.226 e. The normalized spacial score (nSPS) is 33.1. The van der Waals surface area contributed by atoms with Crippen molar-refractivity contribution in [1.29, 1.82) is 0 Å². The van der Waals surface area contributed by atoms with Gasteiger partial charge >= 0.3 is 0 Å². The molecule has 0 radical (unpaired) electrons. The van der Waals surface area contributed by atoms with Crippen LogP contribution in [-0.2, 0) is 4.79 Å². The van der Waals surface area contributed by atoms with Gasteiger partial charge in [-0.3, -0.25) is 4.79 Å². The molecule has 0 aromatic heterocycles. The number of carbonyl (C=O) groups is 1. The molecule has 3 nitrogen and oxygen atoms in total. The lowest BCUT2D eigenvalue weighted by molar-refractivity contribution is -0.137. The van der Waals surface area contributed by atoms with Crippen molar-refractivity contribution in [3.05, 3.63) is 0 Å². The molecule has 0 aromatic rings. The number of piperidine rings is 1. The van der Waals surface area contributed by atoms with Crippen LogP contribution in [0.5, 0.6) is 0 Å². The van der Waals surface area contributed by atoms with Crippen LogP contribution in [-0.4, -0.2) is 37.0 Å². The maximum absolute atomic E-state index is 12.4. The highest BCUT2D eigenvalue weighted by Gasteiger charge is 2.30. The first-order chi connectivity index (χ1) is 8.72. The van der Waals surface area contributed by atoms with Crippen molar-refractivity contribution in [3.63, 3.8) is 0 Å². The first-order valence-corrected chi connectivity index (χ1v) is 7.69. The fourth-order valence-electron chi connectivity index (χ4n) is 3.47. The highest BCUT2D eigenvalue weighted by molar-refractivity contribution is 5.79. The quantitative estimate of drug-likeness (QED) is 0.836. The van der Waals surface area contributed by atoms with Gasteiger partial charge in [0, 0.05) is 19.6 Å². The molecule has 1 saturated carbocycles. The van der Waals surface area contributed by atoms with Crippen LogP contribution >= 0.6 is 0 Å². The van der Waals surface area contributed by atoms with Crippen molar-refractivity contribution in [1.82, 2.24) is 10.2 Å². The van der Waals surface area contributed by atoms with Gasteiger partial charge in [-0.2, -0.15) is 0 Å². The van der Waals surface area contributed by atoms with E-state index in [4.69, 9.17) is 0 Å². The van der Waals surface area contributed by atoms with E-state index in [-0.39, 0.29) is 5.92 Å². The van der Waals surface area contributed by atoms with Crippen molar-refractivity contribution >= 4 is 5.91 Å². The lowest BCUT2D eigenvalue weighted by Gasteiger charge is -2.37. The molecule has 1 N–H and O–H groups in total. The third kappa shape index (κ3) is 3.25. The maximum Gasteiger partial charge on any atom is 0.226 e. The van der Waals surface area contributed by atoms with Crippen molar-refractivity contribution in [2.45, 2.75) is 57.9 Å². The lowest BCUT2D eigenvalue weighted by atomic mass is 9.83. The molecule has 2 fully saturated rings. The molecular formula is C15H28N2O. The standard InChI is InChI=1S/C15H28N2O/c1-3-12-6-8-14(9-7-12)17(2)15(18)13-5-4-10-16-11-13/h12-14,16H,3-11H2,1-2H3/t12?,13-,14?/m0/s1. The monoisotopic (exact) mass is 252 g/mol. The van der Waals surface area contributed by atoms with Gasteiger partial charge in [0.2, 0.25) is 5.91 Å². The Labute approximate surface area is 111 Å². The van der Waals surface area contributed by atoms with E-state index < -0.39 is 0 Å². The Bertz CT molecular complexity index is 266. The van der Waals surface area contributed by atoms with E-state index in [1.54, 1.807) is 0 Å². The minimum atomic E-state index is 0.229. The van der Waals surface area contributed by atoms with Crippen LogP contribution in [0.1, 0.15) is 51.9 Å². The van der Waals surface area contributed by atoms with E-state index in [2.05, 4.69) is 17.1 Å². The van der Waals surface area contributed by atoms with E-state index in [1.807, 2.05) is 7.05 Å². The Morgan fingerprint density at radius 3 is 2.50 bits per heavy atom. The molecule has 0 aromatic carbocycles. The van der Waals surface area contributed by atoms with Crippen LogP contribution in [0.4, 0.5) is 0 Å². The summed E-state index contributed by atoms with van der Waals surface area (Å²) in [5.41, 5.74) is 0. The van der Waals surface area contributed by atoms with E-state index in [1.165, 1.54) is 32.1 Å². The number of carbonyl (C=O) groups excluding carboxylic acids is 1. The number of nitrogens with one attached hydrogen (secondary N) is 1. The first kappa shape index (κ1) is 13.9. The molecule has 2 rings (SSSR count). The molecule has 1 aliphatic carbocycles. The Balaban J connectivity index is 1.83. The van der Waals surface area contributed by atoms with E-state index in [0.717, 1.165) is 31.8 Å². The van der Waals surface area contributed by atoms with Gasteiger partial charge in [0.15, 0.2) is 0 Å². The molecule has 1 heterocycles. The van der Waals surface area contributed by atoms with Gasteiger partial charge in [-0.1, -0.05) is 13.3 Å². The molecule has 104 valence electrons. The molecule has 0 spiro atoms. The SMILES string of the molecule is CCC1CCC(N(C)C(=O)[C@H]2CCCNC2)CC1. The number of hydrogen-bond acceptors (Lipinski definition) is 2. The summed E-state index contributed by atoms with van der Waals surface area (Å²) < 4.78 is 0. The lowest BCUT2D eigenvalue weighted by Crippen LogP contribution is -2.46. The first-order valence-electron chi connectivity index (χ1n) is 7.69. The molecule has 1 aliphatic heterocycles. The Hall–Kier alpha value is -0.570. The van der Waals surface area contributed by atoms with Crippen molar-refractivity contribution in [2.75, 3.05) is 20.1 Å². The molecule has 0 bridgehead atoms. The highest BCUT2D eigenvalue weighted by atomic mass is 16.2. The van der Waals surface area contributed by atoms with Crippen LogP contribution in [0.15, 0.2) is 0 Å². The Morgan fingerprint density at radius 1 is 1.22 bits per heavy atom. The number of rotatable bonds is 3. The van der Waals surface area contributed by atoms with Gasteiger partial charge in [0.25, 0.3) is 0 Å². The summed E-state index contributed by atoms with van der Waals surface area (Å²) in [5, 5.41) is 3.34. The van der Waals surface area contributed by atoms with E-state index >= 15 is 0 Å². The minimum absolute atomic E-state index is 0.229. The van der Waals surface area contributed by atoms with E-state index in [9.17, 15) is 4.79 Å². The second-order valence-electron chi connectivity index (χ2n) is 6.08. The molecule has 1 saturated heterocycles. The van der Waals surface area contributed by atoms with Crippen molar-refractivity contribution < 1.29 is 4.79 Å². The second-order valence-corrected chi connectivity index (χ2v) is 6.08. The van der Waals surface area contributed by atoms with Crippen LogP contribution in [0, 0.1) is 11.8 Å². The van der Waals surface area contributed by atoms with E-state index in [0.29, 0.717) is 11.9 Å². The fourth-order valence-corrected chi connectivity index (χ4v) is 3.47. The zero-order valence-electron chi connectivity index (χ0n) is 12.0. The number of amides is 1. The number of hydrogen-bond donors (Lipinski definition) is 1. The topological polar surface area (TPSA) is 32.3 Å². The molecule has 3 heteroatoms. The predicted octanol–water partition coefficient (Wildman–Crippen LogP) is 2.41. The Kier molecular flexibility index (Phi) is 5.04. The zero-order chi connectivity index (χ0) is 13.0. The van der Waals surface area contributed by atoms with Gasteiger partial charge in [-0.05, 0) is 51.0 Å². The molecule has 1 atom stereocenters. The van der Waals surface area contributed by atoms with Gasteiger partial charge in [-0.15, -0.1) is 0 Å². The summed E-state index contributed by atoms with van der Waals surface area (Å²) in [4.78, 5) is 14.5. The summed E-state index contributed by atoms with van der Waals surface area (Å²) in [6.07, 6.45) is 8.55. The van der Waals surface area contributed by atoms with Gasteiger partial charge < -0.3 is 10.2 Å². The van der Waals surface area contributed by atoms with Gasteiger partial charge in [-0.25, -0.2) is 0 Å². The molecule has 0 unspecified atom stereocenters. The summed E-state index contributed by atoms with van der Waals surface area (Å²) >= 11 is 0. The van der Waals surface area contributed by atoms with Crippen LogP contribution in [0.3, 0.4) is 0 Å². The third-order valence-electron chi connectivity index (χ3n) is 4.94. The predicted molar refractivity (Wildman–Crippen MR) is 74.4 cm³/mol. The average molecular weight is 252 g/mol. The fraction of sp³-hybridized carbons (Fsp3) is 0.933. The molecule has 1 amide bonds. The third-order valence-corrected chi connectivity index (χ3v) is 4.94. The molecule has 18 heavy (non-hydrogen) atoms. The number of nitrogens with zero attached hydrogens (tertiary/aromatic N) is 1. The van der Waals surface area contributed by atoms with Crippen LogP contribution < -0.4 is 5.32 Å². The minimum Gasteiger partial charge on any atom is -0.342 e. The van der Waals surface area contributed by atoms with Gasteiger partial charge in [0.05, 0.1) is 5.92 Å². The highest BCUT2D eigenvalue weighted by Crippen LogP contribution is 2.29. The second kappa shape index (κ2) is 6.55. The summed E-state index contributed by atoms with van der Waals surface area (Å²) in [5.74, 6) is 1.51. The van der Waals surface area contributed by atoms with Crippen LogP contribution in [0.2, 0.25) is 0 Å². The van der Waals surface area contributed by atoms with Crippen molar-refractivity contribution in [2.24, 2.45) is 11.8 Å². The summed E-state index contributed by atoms with van der Waals surface area (Å²) in [6.45, 7) is 4.25. The van der Waals surface area contributed by atoms with Gasteiger partial charge in [0.1, 0.15) is 0 Å². The average Bonchev–Trinajstić information content (AvgIpc) is 2.47. The Morgan fingerprint density at radius 2 is 1.94 bits per heavy atom. The largest absolute Gasteiger partial charge is 0.342 e. The zero-order valence-corrected chi connectivity index (χ0v) is 12.0. The summed E-state index contributed by atoms with van der Waals surface area (Å²) in [7, 11) is 2.02. The molecular weight excluding hydrogens is 224 g/mol. The molecule has 2 aliphatic rings. The summed E-state index contributed by atoms with van der Waals surface area (Å²) in [6, 6.07) is 0.502. The maximum atomic E-state index is 12.4. The van der Waals surface area contributed by atoms with Crippen LogP contribution in [0.25, 0.3) is 0 Å². The van der Waals surface area contributed by atoms with Crippen molar-refractivity contribution in [3.8, 4) is 0 Å².